The van der Waals surface area contributed by atoms with Crippen LogP contribution < -0.4 is 0 Å². The third-order valence-corrected chi connectivity index (χ3v) is 4.97. The zero-order valence-electron chi connectivity index (χ0n) is 14.0. The Bertz CT molecular complexity index is 809. The monoisotopic (exact) mass is 348 g/mol. The lowest BCUT2D eigenvalue weighted by Gasteiger charge is -2.23. The normalized spacial score (nSPS) is 12.2. The molecule has 0 saturated carbocycles. The largest absolute Gasteiger partial charge is 0.356 e. The SMILES string of the molecule is CCN(CC)C(=NS(=O)(=O)c1ccc(C)cc1)c1ccc(F)cc1. The van der Waals surface area contributed by atoms with Gasteiger partial charge in [0.2, 0.25) is 0 Å². The maximum atomic E-state index is 13.2. The van der Waals surface area contributed by atoms with E-state index in [0.717, 1.165) is 5.56 Å². The van der Waals surface area contributed by atoms with Gasteiger partial charge in [-0.3, -0.25) is 0 Å². The summed E-state index contributed by atoms with van der Waals surface area (Å²) in [5, 5.41) is 0. The standard InChI is InChI=1S/C18H21FN2O2S/c1-4-21(5-2)18(15-8-10-16(19)11-9-15)20-24(22,23)17-12-6-14(3)7-13-17/h6-13H,4-5H2,1-3H3. The average Bonchev–Trinajstić information content (AvgIpc) is 2.56. The fourth-order valence-electron chi connectivity index (χ4n) is 2.29. The first-order valence-corrected chi connectivity index (χ1v) is 9.24. The van der Waals surface area contributed by atoms with Crippen molar-refractivity contribution in [2.24, 2.45) is 4.40 Å². The van der Waals surface area contributed by atoms with Crippen molar-refractivity contribution in [2.75, 3.05) is 13.1 Å². The van der Waals surface area contributed by atoms with Crippen molar-refractivity contribution in [1.29, 1.82) is 0 Å². The van der Waals surface area contributed by atoms with Crippen LogP contribution in [0.1, 0.15) is 25.0 Å². The van der Waals surface area contributed by atoms with Gasteiger partial charge in [-0.05, 0) is 57.2 Å². The van der Waals surface area contributed by atoms with Crippen LogP contribution in [0.4, 0.5) is 4.39 Å². The molecule has 0 radical (unpaired) electrons. The first-order chi connectivity index (χ1) is 11.4. The number of amidine groups is 1. The summed E-state index contributed by atoms with van der Waals surface area (Å²) < 4.78 is 42.5. The Morgan fingerprint density at radius 1 is 1.00 bits per heavy atom. The van der Waals surface area contributed by atoms with Crippen molar-refractivity contribution >= 4 is 15.9 Å². The molecular formula is C18H21FN2O2S. The zero-order valence-corrected chi connectivity index (χ0v) is 14.8. The molecule has 2 rings (SSSR count). The second kappa shape index (κ2) is 7.57. The molecule has 0 aliphatic carbocycles. The molecule has 128 valence electrons. The average molecular weight is 348 g/mol. The molecule has 0 unspecified atom stereocenters. The third kappa shape index (κ3) is 4.20. The van der Waals surface area contributed by atoms with E-state index >= 15 is 0 Å². The second-order valence-electron chi connectivity index (χ2n) is 5.38. The lowest BCUT2D eigenvalue weighted by molar-refractivity contribution is 0.466. The summed E-state index contributed by atoms with van der Waals surface area (Å²) >= 11 is 0. The predicted molar refractivity (Wildman–Crippen MR) is 94.2 cm³/mol. The maximum Gasteiger partial charge on any atom is 0.284 e. The summed E-state index contributed by atoms with van der Waals surface area (Å²) in [6, 6.07) is 12.2. The van der Waals surface area contributed by atoms with Crippen molar-refractivity contribution in [3.8, 4) is 0 Å². The van der Waals surface area contributed by atoms with E-state index in [0.29, 0.717) is 24.5 Å². The Kier molecular flexibility index (Phi) is 5.72. The zero-order chi connectivity index (χ0) is 17.7. The highest BCUT2D eigenvalue weighted by Gasteiger charge is 2.18. The van der Waals surface area contributed by atoms with Gasteiger partial charge in [0.15, 0.2) is 0 Å². The van der Waals surface area contributed by atoms with E-state index in [-0.39, 0.29) is 10.7 Å². The molecule has 0 saturated heterocycles. The van der Waals surface area contributed by atoms with E-state index < -0.39 is 10.0 Å². The predicted octanol–water partition coefficient (Wildman–Crippen LogP) is 3.61. The molecule has 0 spiro atoms. The summed E-state index contributed by atoms with van der Waals surface area (Å²) in [5.41, 5.74) is 1.54. The fraction of sp³-hybridized carbons (Fsp3) is 0.278. The van der Waals surface area contributed by atoms with Crippen LogP contribution in [0.25, 0.3) is 0 Å². The first-order valence-electron chi connectivity index (χ1n) is 7.80. The van der Waals surface area contributed by atoms with E-state index in [1.54, 1.807) is 24.3 Å². The van der Waals surface area contributed by atoms with Gasteiger partial charge < -0.3 is 4.90 Å². The Labute approximate surface area is 142 Å². The highest BCUT2D eigenvalue weighted by Crippen LogP contribution is 2.17. The number of hydrogen-bond acceptors (Lipinski definition) is 2. The van der Waals surface area contributed by atoms with Crippen LogP contribution >= 0.6 is 0 Å². The maximum absolute atomic E-state index is 13.2. The molecule has 0 N–H and O–H groups in total. The van der Waals surface area contributed by atoms with Crippen LogP contribution in [0, 0.1) is 12.7 Å². The van der Waals surface area contributed by atoms with Gasteiger partial charge >= 0.3 is 0 Å². The summed E-state index contributed by atoms with van der Waals surface area (Å²) in [5.74, 6) is -0.0559. The van der Waals surface area contributed by atoms with Gasteiger partial charge in [0.25, 0.3) is 10.0 Å². The highest BCUT2D eigenvalue weighted by molar-refractivity contribution is 7.90. The van der Waals surface area contributed by atoms with Crippen LogP contribution in [0.15, 0.2) is 57.8 Å². The number of halogens is 1. The summed E-state index contributed by atoms with van der Waals surface area (Å²) in [6.45, 7) is 6.91. The Balaban J connectivity index is 2.54. The van der Waals surface area contributed by atoms with Gasteiger partial charge in [-0.1, -0.05) is 17.7 Å². The molecule has 0 aromatic heterocycles. The van der Waals surface area contributed by atoms with E-state index in [9.17, 15) is 12.8 Å². The van der Waals surface area contributed by atoms with E-state index in [1.807, 2.05) is 25.7 Å². The van der Waals surface area contributed by atoms with Crippen molar-refractivity contribution in [1.82, 2.24) is 4.90 Å². The van der Waals surface area contributed by atoms with E-state index in [4.69, 9.17) is 0 Å². The van der Waals surface area contributed by atoms with Crippen LogP contribution in [-0.2, 0) is 10.0 Å². The molecule has 0 fully saturated rings. The highest BCUT2D eigenvalue weighted by atomic mass is 32.2. The number of benzene rings is 2. The van der Waals surface area contributed by atoms with Crippen molar-refractivity contribution in [3.05, 3.63) is 65.5 Å². The Morgan fingerprint density at radius 2 is 1.54 bits per heavy atom. The van der Waals surface area contributed by atoms with Gasteiger partial charge in [0, 0.05) is 18.7 Å². The van der Waals surface area contributed by atoms with Crippen LogP contribution in [0.3, 0.4) is 0 Å². The molecule has 6 heteroatoms. The summed E-state index contributed by atoms with van der Waals surface area (Å²) in [6.07, 6.45) is 0. The molecule has 0 aliphatic rings. The van der Waals surface area contributed by atoms with Gasteiger partial charge in [-0.2, -0.15) is 8.42 Å². The molecule has 4 nitrogen and oxygen atoms in total. The van der Waals surface area contributed by atoms with E-state index in [1.165, 1.54) is 24.3 Å². The minimum absolute atomic E-state index is 0.139. The topological polar surface area (TPSA) is 49.7 Å². The molecule has 0 amide bonds. The van der Waals surface area contributed by atoms with Crippen molar-refractivity contribution < 1.29 is 12.8 Å². The second-order valence-corrected chi connectivity index (χ2v) is 6.99. The van der Waals surface area contributed by atoms with Crippen LogP contribution in [-0.4, -0.2) is 32.2 Å². The van der Waals surface area contributed by atoms with Gasteiger partial charge in [0.05, 0.1) is 4.90 Å². The van der Waals surface area contributed by atoms with Crippen LogP contribution in [0.2, 0.25) is 0 Å². The molecule has 0 aliphatic heterocycles. The molecular weight excluding hydrogens is 327 g/mol. The van der Waals surface area contributed by atoms with E-state index in [2.05, 4.69) is 4.40 Å². The summed E-state index contributed by atoms with van der Waals surface area (Å²) in [7, 11) is -3.85. The molecule has 2 aromatic rings. The van der Waals surface area contributed by atoms with Crippen molar-refractivity contribution in [3.63, 3.8) is 0 Å². The number of nitrogens with zero attached hydrogens (tertiary/aromatic N) is 2. The van der Waals surface area contributed by atoms with Crippen LogP contribution in [0.5, 0.6) is 0 Å². The number of aryl methyl sites for hydroxylation is 1. The quantitative estimate of drug-likeness (QED) is 0.613. The molecule has 0 bridgehead atoms. The Morgan fingerprint density at radius 3 is 2.04 bits per heavy atom. The fourth-order valence-corrected chi connectivity index (χ4v) is 3.33. The van der Waals surface area contributed by atoms with Gasteiger partial charge in [-0.15, -0.1) is 4.40 Å². The van der Waals surface area contributed by atoms with Gasteiger partial charge in [0.1, 0.15) is 11.7 Å². The first kappa shape index (κ1) is 18.1. The molecule has 2 aromatic carbocycles. The number of hydrogen-bond donors (Lipinski definition) is 0. The lowest BCUT2D eigenvalue weighted by atomic mass is 10.2. The summed E-state index contributed by atoms with van der Waals surface area (Å²) in [4.78, 5) is 1.97. The van der Waals surface area contributed by atoms with Crippen molar-refractivity contribution in [2.45, 2.75) is 25.7 Å². The smallest absolute Gasteiger partial charge is 0.284 e. The number of rotatable bonds is 5. The van der Waals surface area contributed by atoms with Gasteiger partial charge in [-0.25, -0.2) is 4.39 Å². The number of sulfonamides is 1. The lowest BCUT2D eigenvalue weighted by Crippen LogP contribution is -2.32. The minimum Gasteiger partial charge on any atom is -0.356 e. The minimum atomic E-state index is -3.85. The molecule has 0 atom stereocenters. The molecule has 0 heterocycles. The Hall–Kier alpha value is -2.21. The third-order valence-electron chi connectivity index (χ3n) is 3.69. The molecule has 24 heavy (non-hydrogen) atoms.